The van der Waals surface area contributed by atoms with Gasteiger partial charge in [-0.05, 0) is 45.2 Å². The lowest BCUT2D eigenvalue weighted by Crippen LogP contribution is -2.44. The van der Waals surface area contributed by atoms with Crippen molar-refractivity contribution in [3.8, 4) is 0 Å². The Balaban J connectivity index is 1.80. The number of piperidine rings is 1. The van der Waals surface area contributed by atoms with E-state index in [4.69, 9.17) is 4.52 Å². The lowest BCUT2D eigenvalue weighted by molar-refractivity contribution is -0.120. The number of aromatic nitrogens is 1. The van der Waals surface area contributed by atoms with Crippen molar-refractivity contribution in [1.82, 2.24) is 14.4 Å². The second kappa shape index (κ2) is 9.23. The Hall–Kier alpha value is -2.65. The average molecular weight is 447 g/mol. The number of sulfonamides is 1. The van der Waals surface area contributed by atoms with Gasteiger partial charge in [0, 0.05) is 45.1 Å². The first-order valence-corrected chi connectivity index (χ1v) is 11.7. The molecule has 1 fully saturated rings. The van der Waals surface area contributed by atoms with Crippen LogP contribution in [0.25, 0.3) is 6.08 Å². The van der Waals surface area contributed by atoms with Crippen LogP contribution in [0.15, 0.2) is 33.8 Å². The van der Waals surface area contributed by atoms with E-state index < -0.39 is 15.9 Å². The van der Waals surface area contributed by atoms with Crippen molar-refractivity contribution in [2.45, 2.75) is 38.5 Å². The summed E-state index contributed by atoms with van der Waals surface area (Å²) in [6.07, 6.45) is 4.53. The molecule has 0 saturated carbocycles. The van der Waals surface area contributed by atoms with Gasteiger partial charge < -0.3 is 14.7 Å². The summed E-state index contributed by atoms with van der Waals surface area (Å²) in [5.41, 5.74) is 3.15. The largest absolute Gasteiger partial charge is 0.383 e. The summed E-state index contributed by atoms with van der Waals surface area (Å²) >= 11 is 0. The van der Waals surface area contributed by atoms with Crippen LogP contribution >= 0.6 is 0 Å². The van der Waals surface area contributed by atoms with Crippen LogP contribution in [0, 0.1) is 26.7 Å². The Morgan fingerprint density at radius 3 is 2.71 bits per heavy atom. The van der Waals surface area contributed by atoms with Crippen LogP contribution in [0.2, 0.25) is 0 Å². The molecule has 0 bridgehead atoms. The number of nitrogens with one attached hydrogen (secondary N) is 1. The Bertz CT molecular complexity index is 1090. The minimum Gasteiger partial charge on any atom is -0.383 e. The third-order valence-electron chi connectivity index (χ3n) is 5.35. The van der Waals surface area contributed by atoms with Crippen molar-refractivity contribution < 1.29 is 17.7 Å². The third kappa shape index (κ3) is 5.16. The SMILES string of the molecule is Cc1ccc(NC(=O)C2CCCN(S(=O)(=O)c3c(C)noc3/C=C/N(C)C)C2)c(C)c1. The number of rotatable bonds is 6. The van der Waals surface area contributed by atoms with Crippen LogP contribution in [-0.4, -0.2) is 55.9 Å². The van der Waals surface area contributed by atoms with Gasteiger partial charge in [-0.15, -0.1) is 0 Å². The maximum Gasteiger partial charge on any atom is 0.248 e. The minimum atomic E-state index is -3.85. The van der Waals surface area contributed by atoms with Crippen LogP contribution in [-0.2, 0) is 14.8 Å². The normalized spacial score (nSPS) is 17.8. The second-order valence-corrected chi connectivity index (χ2v) is 10.1. The highest BCUT2D eigenvalue weighted by Crippen LogP contribution is 2.29. The van der Waals surface area contributed by atoms with E-state index >= 15 is 0 Å². The number of carbonyl (C=O) groups excluding carboxylic acids is 1. The van der Waals surface area contributed by atoms with E-state index in [1.807, 2.05) is 46.1 Å². The van der Waals surface area contributed by atoms with Gasteiger partial charge in [0.25, 0.3) is 0 Å². The molecule has 31 heavy (non-hydrogen) atoms. The van der Waals surface area contributed by atoms with Gasteiger partial charge in [0.05, 0.1) is 5.92 Å². The summed E-state index contributed by atoms with van der Waals surface area (Å²) in [5.74, 6) is -0.403. The third-order valence-corrected chi connectivity index (χ3v) is 7.37. The highest BCUT2D eigenvalue weighted by molar-refractivity contribution is 7.89. The van der Waals surface area contributed by atoms with Crippen LogP contribution in [0.3, 0.4) is 0 Å². The predicted molar refractivity (Wildman–Crippen MR) is 120 cm³/mol. The quantitative estimate of drug-likeness (QED) is 0.732. The molecule has 0 aliphatic carbocycles. The molecule has 1 aliphatic heterocycles. The van der Waals surface area contributed by atoms with Gasteiger partial charge in [-0.1, -0.05) is 22.9 Å². The molecule has 1 N–H and O–H groups in total. The number of amides is 1. The van der Waals surface area contributed by atoms with Gasteiger partial charge in [0.2, 0.25) is 15.9 Å². The molecular weight excluding hydrogens is 416 g/mol. The van der Waals surface area contributed by atoms with E-state index in [0.717, 1.165) is 16.8 Å². The van der Waals surface area contributed by atoms with E-state index in [1.54, 1.807) is 24.1 Å². The number of hydrogen-bond acceptors (Lipinski definition) is 6. The molecule has 1 saturated heterocycles. The van der Waals surface area contributed by atoms with Crippen molar-refractivity contribution in [3.63, 3.8) is 0 Å². The summed E-state index contributed by atoms with van der Waals surface area (Å²) in [5, 5.41) is 6.81. The standard InChI is InChI=1S/C22H30N4O4S/c1-15-8-9-19(16(2)13-15)23-22(27)18-7-6-11-26(14-18)31(28,29)21-17(3)24-30-20(21)10-12-25(4)5/h8-10,12-13,18H,6-7,11,14H2,1-5H3,(H,23,27)/b12-10+. The van der Waals surface area contributed by atoms with E-state index in [1.165, 1.54) is 4.31 Å². The molecule has 1 aromatic carbocycles. The molecule has 1 unspecified atom stereocenters. The number of carbonyl (C=O) groups is 1. The van der Waals surface area contributed by atoms with Gasteiger partial charge in [-0.3, -0.25) is 4.79 Å². The molecule has 0 radical (unpaired) electrons. The Kier molecular flexibility index (Phi) is 6.86. The van der Waals surface area contributed by atoms with Crippen molar-refractivity contribution in [2.75, 3.05) is 32.5 Å². The van der Waals surface area contributed by atoms with Gasteiger partial charge in [-0.25, -0.2) is 8.42 Å². The molecule has 2 heterocycles. The van der Waals surface area contributed by atoms with Gasteiger partial charge in [0.1, 0.15) is 5.69 Å². The lowest BCUT2D eigenvalue weighted by Gasteiger charge is -2.31. The van der Waals surface area contributed by atoms with Crippen molar-refractivity contribution in [2.24, 2.45) is 5.92 Å². The first-order chi connectivity index (χ1) is 14.6. The Morgan fingerprint density at radius 1 is 1.29 bits per heavy atom. The Labute approximate surface area is 183 Å². The zero-order valence-electron chi connectivity index (χ0n) is 18.7. The van der Waals surface area contributed by atoms with Crippen molar-refractivity contribution in [3.05, 3.63) is 47.0 Å². The van der Waals surface area contributed by atoms with Crippen LogP contribution < -0.4 is 5.32 Å². The van der Waals surface area contributed by atoms with E-state index in [2.05, 4.69) is 10.5 Å². The molecule has 1 aliphatic rings. The van der Waals surface area contributed by atoms with Crippen molar-refractivity contribution >= 4 is 27.7 Å². The van der Waals surface area contributed by atoms with Crippen molar-refractivity contribution in [1.29, 1.82) is 0 Å². The summed E-state index contributed by atoms with van der Waals surface area (Å²) < 4.78 is 33.4. The molecule has 168 valence electrons. The van der Waals surface area contributed by atoms with E-state index in [0.29, 0.717) is 25.1 Å². The second-order valence-electron chi connectivity index (χ2n) is 8.25. The predicted octanol–water partition coefficient (Wildman–Crippen LogP) is 3.17. The zero-order valence-corrected chi connectivity index (χ0v) is 19.5. The summed E-state index contributed by atoms with van der Waals surface area (Å²) in [4.78, 5) is 14.7. The maximum atomic E-state index is 13.4. The average Bonchev–Trinajstić information content (AvgIpc) is 3.09. The lowest BCUT2D eigenvalue weighted by atomic mass is 9.98. The maximum absolute atomic E-state index is 13.4. The molecular formula is C22H30N4O4S. The minimum absolute atomic E-state index is 0.0565. The van der Waals surface area contributed by atoms with Crippen LogP contribution in [0.4, 0.5) is 5.69 Å². The fraction of sp³-hybridized carbons (Fsp3) is 0.455. The van der Waals surface area contributed by atoms with Gasteiger partial charge in [0.15, 0.2) is 10.7 Å². The topological polar surface area (TPSA) is 95.8 Å². The fourth-order valence-corrected chi connectivity index (χ4v) is 5.48. The monoisotopic (exact) mass is 446 g/mol. The first kappa shape index (κ1) is 23.0. The summed E-state index contributed by atoms with van der Waals surface area (Å²) in [6, 6.07) is 5.83. The number of aryl methyl sites for hydroxylation is 3. The van der Waals surface area contributed by atoms with E-state index in [9.17, 15) is 13.2 Å². The first-order valence-electron chi connectivity index (χ1n) is 10.3. The van der Waals surface area contributed by atoms with Crippen LogP contribution in [0.1, 0.15) is 35.4 Å². The molecule has 8 nitrogen and oxygen atoms in total. The molecule has 1 amide bonds. The Morgan fingerprint density at radius 2 is 2.03 bits per heavy atom. The summed E-state index contributed by atoms with van der Waals surface area (Å²) in [7, 11) is -0.192. The number of nitrogens with zero attached hydrogens (tertiary/aromatic N) is 3. The molecule has 1 atom stereocenters. The number of benzene rings is 1. The molecule has 2 aromatic rings. The van der Waals surface area contributed by atoms with Gasteiger partial charge >= 0.3 is 0 Å². The fourth-order valence-electron chi connectivity index (χ4n) is 3.71. The highest BCUT2D eigenvalue weighted by Gasteiger charge is 2.37. The van der Waals surface area contributed by atoms with E-state index in [-0.39, 0.29) is 23.1 Å². The number of anilines is 1. The van der Waals surface area contributed by atoms with Gasteiger partial charge in [-0.2, -0.15) is 4.31 Å². The zero-order chi connectivity index (χ0) is 22.8. The smallest absolute Gasteiger partial charge is 0.248 e. The molecule has 0 spiro atoms. The molecule has 9 heteroatoms. The van der Waals surface area contributed by atoms with Crippen LogP contribution in [0.5, 0.6) is 0 Å². The molecule has 1 aromatic heterocycles. The summed E-state index contributed by atoms with van der Waals surface area (Å²) in [6.45, 7) is 6.03. The highest BCUT2D eigenvalue weighted by atomic mass is 32.2. The molecule has 3 rings (SSSR count). The number of hydrogen-bond donors (Lipinski definition) is 1.